The normalized spacial score (nSPS) is 10.6. The van der Waals surface area contributed by atoms with Crippen LogP contribution in [0.2, 0.25) is 0 Å². The summed E-state index contributed by atoms with van der Waals surface area (Å²) in [6, 6.07) is 15.0. The van der Waals surface area contributed by atoms with Gasteiger partial charge >= 0.3 is 0 Å². The predicted octanol–water partition coefficient (Wildman–Crippen LogP) is 3.97. The van der Waals surface area contributed by atoms with Crippen LogP contribution in [0.15, 0.2) is 60.1 Å². The van der Waals surface area contributed by atoms with Gasteiger partial charge in [0.2, 0.25) is 0 Å². The summed E-state index contributed by atoms with van der Waals surface area (Å²) in [6.07, 6.45) is 1.74. The molecule has 0 aliphatic rings. The zero-order valence-corrected chi connectivity index (χ0v) is 10.7. The van der Waals surface area contributed by atoms with Crippen LogP contribution in [-0.2, 0) is 0 Å². The lowest BCUT2D eigenvalue weighted by Gasteiger charge is -2.06. The first-order valence-corrected chi connectivity index (χ1v) is 5.86. The second-order valence-corrected chi connectivity index (χ2v) is 4.00. The minimum atomic E-state index is -0.0112. The van der Waals surface area contributed by atoms with Gasteiger partial charge in [0, 0.05) is 17.8 Å². The van der Waals surface area contributed by atoms with Crippen molar-refractivity contribution in [2.75, 3.05) is 7.11 Å². The molecular formula is C16H15NO2. The molecule has 2 aromatic rings. The molecule has 3 nitrogen and oxygen atoms in total. The van der Waals surface area contributed by atoms with Gasteiger partial charge in [0.1, 0.15) is 11.5 Å². The van der Waals surface area contributed by atoms with E-state index in [-0.39, 0.29) is 5.76 Å². The zero-order chi connectivity index (χ0) is 13.7. The van der Waals surface area contributed by atoms with Crippen LogP contribution < -0.4 is 4.74 Å². The second-order valence-electron chi connectivity index (χ2n) is 4.00. The fourth-order valence-electron chi connectivity index (χ4n) is 1.67. The molecule has 0 aliphatic carbocycles. The molecule has 0 bridgehead atoms. The molecule has 0 saturated carbocycles. The summed E-state index contributed by atoms with van der Waals surface area (Å²) >= 11 is 0. The van der Waals surface area contributed by atoms with Crippen LogP contribution in [0, 0.1) is 0 Å². The van der Waals surface area contributed by atoms with E-state index in [1.807, 2.05) is 30.3 Å². The molecule has 2 rings (SSSR count). The Balaban J connectivity index is 2.37. The molecule has 0 heterocycles. The van der Waals surface area contributed by atoms with Crippen LogP contribution >= 0.6 is 0 Å². The van der Waals surface area contributed by atoms with Crippen molar-refractivity contribution >= 4 is 17.7 Å². The predicted molar refractivity (Wildman–Crippen MR) is 78.4 cm³/mol. The Labute approximate surface area is 112 Å². The van der Waals surface area contributed by atoms with E-state index >= 15 is 0 Å². The van der Waals surface area contributed by atoms with Crippen molar-refractivity contribution < 1.29 is 9.84 Å². The van der Waals surface area contributed by atoms with E-state index in [0.717, 1.165) is 5.56 Å². The highest BCUT2D eigenvalue weighted by Crippen LogP contribution is 2.28. The highest BCUT2D eigenvalue weighted by atomic mass is 16.5. The van der Waals surface area contributed by atoms with Gasteiger partial charge in [-0.2, -0.15) is 0 Å². The first-order chi connectivity index (χ1) is 9.20. The molecule has 0 atom stereocenters. The fourth-order valence-corrected chi connectivity index (χ4v) is 1.67. The Morgan fingerprint density at radius 1 is 1.21 bits per heavy atom. The standard InChI is InChI=1S/C16H15NO2/c1-12(18)15-9-8-14(19-2)10-16(15)17-11-13-6-4-3-5-7-13/h3-11,18H,1H2,2H3. The first-order valence-electron chi connectivity index (χ1n) is 5.86. The minimum Gasteiger partial charge on any atom is -0.508 e. The van der Waals surface area contributed by atoms with Crippen LogP contribution in [-0.4, -0.2) is 18.4 Å². The SMILES string of the molecule is C=C(O)c1ccc(OC)cc1N=Cc1ccccc1. The molecule has 0 fully saturated rings. The molecule has 3 heteroatoms. The minimum absolute atomic E-state index is 0.0112. The van der Waals surface area contributed by atoms with E-state index in [9.17, 15) is 5.11 Å². The van der Waals surface area contributed by atoms with E-state index in [0.29, 0.717) is 17.0 Å². The fraction of sp³-hybridized carbons (Fsp3) is 0.0625. The van der Waals surface area contributed by atoms with Crippen molar-refractivity contribution in [3.8, 4) is 5.75 Å². The molecule has 0 saturated heterocycles. The van der Waals surface area contributed by atoms with E-state index in [2.05, 4.69) is 11.6 Å². The van der Waals surface area contributed by atoms with E-state index in [1.54, 1.807) is 31.5 Å². The van der Waals surface area contributed by atoms with Crippen LogP contribution in [0.3, 0.4) is 0 Å². The number of rotatable bonds is 4. The van der Waals surface area contributed by atoms with E-state index < -0.39 is 0 Å². The third-order valence-corrected chi connectivity index (χ3v) is 2.67. The smallest absolute Gasteiger partial charge is 0.121 e. The number of ether oxygens (including phenoxy) is 1. The second kappa shape index (κ2) is 5.87. The van der Waals surface area contributed by atoms with Gasteiger partial charge in [-0.25, -0.2) is 0 Å². The Morgan fingerprint density at radius 2 is 1.95 bits per heavy atom. The molecule has 0 radical (unpaired) electrons. The Bertz CT molecular complexity index is 603. The summed E-state index contributed by atoms with van der Waals surface area (Å²) in [5.74, 6) is 0.674. The van der Waals surface area contributed by atoms with Crippen molar-refractivity contribution in [3.63, 3.8) is 0 Å². The van der Waals surface area contributed by atoms with Crippen LogP contribution in [0.5, 0.6) is 5.75 Å². The summed E-state index contributed by atoms with van der Waals surface area (Å²) in [6.45, 7) is 3.54. The zero-order valence-electron chi connectivity index (χ0n) is 10.7. The van der Waals surface area contributed by atoms with E-state index in [4.69, 9.17) is 4.74 Å². The third kappa shape index (κ3) is 3.22. The van der Waals surface area contributed by atoms with Gasteiger partial charge in [0.05, 0.1) is 12.8 Å². The lowest BCUT2D eigenvalue weighted by molar-refractivity contribution is 0.415. The summed E-state index contributed by atoms with van der Waals surface area (Å²) in [5, 5.41) is 9.56. The summed E-state index contributed by atoms with van der Waals surface area (Å²) in [7, 11) is 1.59. The monoisotopic (exact) mass is 253 g/mol. The van der Waals surface area contributed by atoms with E-state index in [1.165, 1.54) is 0 Å². The highest BCUT2D eigenvalue weighted by Gasteiger charge is 2.05. The number of aliphatic hydroxyl groups excluding tert-OH is 1. The molecule has 96 valence electrons. The Kier molecular flexibility index (Phi) is 3.98. The third-order valence-electron chi connectivity index (χ3n) is 2.67. The van der Waals surface area contributed by atoms with Gasteiger partial charge in [-0.1, -0.05) is 36.9 Å². The van der Waals surface area contributed by atoms with Crippen molar-refractivity contribution in [1.29, 1.82) is 0 Å². The van der Waals surface area contributed by atoms with Gasteiger partial charge in [0.25, 0.3) is 0 Å². The van der Waals surface area contributed by atoms with Gasteiger partial charge in [-0.3, -0.25) is 4.99 Å². The number of methoxy groups -OCH3 is 1. The van der Waals surface area contributed by atoms with Gasteiger partial charge in [-0.05, 0) is 17.7 Å². The number of aliphatic imine (C=N–C) groups is 1. The quantitative estimate of drug-likeness (QED) is 0.661. The van der Waals surface area contributed by atoms with Crippen molar-refractivity contribution in [1.82, 2.24) is 0 Å². The number of hydrogen-bond acceptors (Lipinski definition) is 3. The lowest BCUT2D eigenvalue weighted by atomic mass is 10.1. The van der Waals surface area contributed by atoms with Crippen LogP contribution in [0.1, 0.15) is 11.1 Å². The maximum absolute atomic E-state index is 9.56. The van der Waals surface area contributed by atoms with Gasteiger partial charge < -0.3 is 9.84 Å². The molecule has 0 aromatic heterocycles. The maximum Gasteiger partial charge on any atom is 0.121 e. The van der Waals surface area contributed by atoms with Gasteiger partial charge in [0.15, 0.2) is 0 Å². The number of hydrogen-bond donors (Lipinski definition) is 1. The number of benzene rings is 2. The van der Waals surface area contributed by atoms with Crippen molar-refractivity contribution in [3.05, 3.63) is 66.2 Å². The van der Waals surface area contributed by atoms with Gasteiger partial charge in [-0.15, -0.1) is 0 Å². The van der Waals surface area contributed by atoms with Crippen LogP contribution in [0.4, 0.5) is 5.69 Å². The molecule has 0 aliphatic heterocycles. The summed E-state index contributed by atoms with van der Waals surface area (Å²) < 4.78 is 5.16. The molecule has 0 unspecified atom stereocenters. The molecule has 2 aromatic carbocycles. The first kappa shape index (κ1) is 12.9. The molecule has 0 spiro atoms. The Hall–Kier alpha value is -2.55. The average Bonchev–Trinajstić information content (AvgIpc) is 2.45. The highest BCUT2D eigenvalue weighted by molar-refractivity contribution is 5.84. The summed E-state index contributed by atoms with van der Waals surface area (Å²) in [4.78, 5) is 4.38. The number of aliphatic hydroxyl groups is 1. The lowest BCUT2D eigenvalue weighted by Crippen LogP contribution is -1.87. The number of nitrogens with zero attached hydrogens (tertiary/aromatic N) is 1. The Morgan fingerprint density at radius 3 is 2.58 bits per heavy atom. The molecule has 0 amide bonds. The van der Waals surface area contributed by atoms with Crippen LogP contribution in [0.25, 0.3) is 5.76 Å². The topological polar surface area (TPSA) is 41.8 Å². The summed E-state index contributed by atoms with van der Waals surface area (Å²) in [5.41, 5.74) is 2.20. The largest absolute Gasteiger partial charge is 0.508 e. The molecule has 19 heavy (non-hydrogen) atoms. The van der Waals surface area contributed by atoms with Crippen molar-refractivity contribution in [2.24, 2.45) is 4.99 Å². The molecule has 1 N–H and O–H groups in total. The molecular weight excluding hydrogens is 238 g/mol. The average molecular weight is 253 g/mol. The van der Waals surface area contributed by atoms with Crippen molar-refractivity contribution in [2.45, 2.75) is 0 Å². The maximum atomic E-state index is 9.56.